The first-order chi connectivity index (χ1) is 10.6. The molecule has 3 aromatic rings. The minimum atomic E-state index is -0.307. The molecule has 2 aromatic carbocycles. The Labute approximate surface area is 127 Å². The highest BCUT2D eigenvalue weighted by Crippen LogP contribution is 2.26. The Kier molecular flexibility index (Phi) is 3.47. The van der Waals surface area contributed by atoms with Gasteiger partial charge < -0.3 is 10.1 Å². The first-order valence-corrected chi connectivity index (χ1v) is 6.89. The Morgan fingerprint density at radius 3 is 2.18 bits per heavy atom. The Morgan fingerprint density at radius 1 is 0.955 bits per heavy atom. The van der Waals surface area contributed by atoms with Crippen LogP contribution in [-0.2, 0) is 0 Å². The summed E-state index contributed by atoms with van der Waals surface area (Å²) in [5, 5.41) is 18.0. The van der Waals surface area contributed by atoms with Gasteiger partial charge in [0.25, 0.3) is 5.56 Å². The molecule has 1 aromatic heterocycles. The predicted molar refractivity (Wildman–Crippen MR) is 84.7 cm³/mol. The molecule has 110 valence electrons. The van der Waals surface area contributed by atoms with Gasteiger partial charge >= 0.3 is 0 Å². The molecule has 0 radical (unpaired) electrons. The third-order valence-corrected chi connectivity index (χ3v) is 3.51. The van der Waals surface area contributed by atoms with E-state index in [1.807, 2.05) is 30.3 Å². The molecule has 3 rings (SSSR count). The molecule has 0 saturated heterocycles. The first-order valence-electron chi connectivity index (χ1n) is 6.89. The van der Waals surface area contributed by atoms with Gasteiger partial charge in [-0.15, -0.1) is 10.2 Å². The number of aryl methyl sites for hydroxylation is 2. The van der Waals surface area contributed by atoms with Gasteiger partial charge in [0.05, 0.1) is 0 Å². The van der Waals surface area contributed by atoms with Gasteiger partial charge in [-0.2, -0.15) is 0 Å². The molecule has 22 heavy (non-hydrogen) atoms. The quantitative estimate of drug-likeness (QED) is 0.761. The fraction of sp³-hybridized carbons (Fsp3) is 0.118. The van der Waals surface area contributed by atoms with Crippen LogP contribution in [-0.4, -0.2) is 20.3 Å². The molecule has 0 aliphatic rings. The molecular weight excluding hydrogens is 278 g/mol. The van der Waals surface area contributed by atoms with Crippen molar-refractivity contribution in [2.45, 2.75) is 13.8 Å². The average molecular weight is 293 g/mol. The van der Waals surface area contributed by atoms with Crippen LogP contribution in [0.4, 0.5) is 0 Å². The van der Waals surface area contributed by atoms with Crippen molar-refractivity contribution >= 4 is 0 Å². The highest BCUT2D eigenvalue weighted by Gasteiger charge is 2.11. The largest absolute Gasteiger partial charge is 0.507 e. The molecule has 0 atom stereocenters. The summed E-state index contributed by atoms with van der Waals surface area (Å²) in [5.41, 5.74) is 2.77. The van der Waals surface area contributed by atoms with Crippen LogP contribution < -0.4 is 5.56 Å². The van der Waals surface area contributed by atoms with E-state index in [2.05, 4.69) is 15.2 Å². The lowest BCUT2D eigenvalue weighted by atomic mass is 10.0. The van der Waals surface area contributed by atoms with Crippen molar-refractivity contribution in [3.05, 3.63) is 63.9 Å². The molecule has 5 heteroatoms. The number of aromatic hydroxyl groups is 1. The van der Waals surface area contributed by atoms with E-state index < -0.39 is 0 Å². The summed E-state index contributed by atoms with van der Waals surface area (Å²) in [6, 6.07) is 12.8. The van der Waals surface area contributed by atoms with Gasteiger partial charge in [-0.3, -0.25) is 4.79 Å². The van der Waals surface area contributed by atoms with Gasteiger partial charge in [0.1, 0.15) is 5.75 Å². The van der Waals surface area contributed by atoms with Gasteiger partial charge in [-0.1, -0.05) is 30.3 Å². The molecule has 0 amide bonds. The summed E-state index contributed by atoms with van der Waals surface area (Å²) in [6.07, 6.45) is 0. The van der Waals surface area contributed by atoms with E-state index in [1.54, 1.807) is 26.0 Å². The van der Waals surface area contributed by atoms with Crippen molar-refractivity contribution in [2.75, 3.05) is 0 Å². The fourth-order valence-electron chi connectivity index (χ4n) is 2.34. The number of rotatable bonds is 2. The zero-order valence-electron chi connectivity index (χ0n) is 12.3. The van der Waals surface area contributed by atoms with Crippen LogP contribution in [0.3, 0.4) is 0 Å². The van der Waals surface area contributed by atoms with Crippen molar-refractivity contribution in [3.8, 4) is 28.4 Å². The van der Waals surface area contributed by atoms with Gasteiger partial charge in [0.2, 0.25) is 0 Å². The van der Waals surface area contributed by atoms with E-state index in [-0.39, 0.29) is 17.0 Å². The zero-order valence-corrected chi connectivity index (χ0v) is 12.3. The maximum Gasteiger partial charge on any atom is 0.278 e. The Bertz CT molecular complexity index is 863. The summed E-state index contributed by atoms with van der Waals surface area (Å²) in [6.45, 7) is 3.57. The minimum absolute atomic E-state index is 0.231. The standard InChI is InChI=1S/C17H15N3O2/c1-10-8-13(9-11(2)15(10)21)14-17(22)18-16(20-19-14)12-6-4-3-5-7-12/h3-9,21H,1-2H3,(H,18,20,22). The molecule has 5 nitrogen and oxygen atoms in total. The van der Waals surface area contributed by atoms with Crippen LogP contribution in [0, 0.1) is 13.8 Å². The summed E-state index contributed by atoms with van der Waals surface area (Å²) in [5.74, 6) is 0.663. The highest BCUT2D eigenvalue weighted by atomic mass is 16.3. The van der Waals surface area contributed by atoms with Crippen molar-refractivity contribution in [1.29, 1.82) is 0 Å². The zero-order chi connectivity index (χ0) is 15.7. The second kappa shape index (κ2) is 5.44. The highest BCUT2D eigenvalue weighted by molar-refractivity contribution is 5.64. The third-order valence-electron chi connectivity index (χ3n) is 3.51. The fourth-order valence-corrected chi connectivity index (χ4v) is 2.34. The van der Waals surface area contributed by atoms with Crippen molar-refractivity contribution in [1.82, 2.24) is 15.2 Å². The molecule has 2 N–H and O–H groups in total. The second-order valence-corrected chi connectivity index (χ2v) is 5.18. The maximum absolute atomic E-state index is 12.3. The van der Waals surface area contributed by atoms with Gasteiger partial charge in [-0.25, -0.2) is 0 Å². The predicted octanol–water partition coefficient (Wildman–Crippen LogP) is 2.82. The second-order valence-electron chi connectivity index (χ2n) is 5.18. The Hall–Kier alpha value is -2.95. The molecular formula is C17H15N3O2. The number of hydrogen-bond donors (Lipinski definition) is 2. The smallest absolute Gasteiger partial charge is 0.278 e. The van der Waals surface area contributed by atoms with Crippen molar-refractivity contribution in [2.24, 2.45) is 0 Å². The van der Waals surface area contributed by atoms with E-state index in [1.165, 1.54) is 0 Å². The van der Waals surface area contributed by atoms with Crippen molar-refractivity contribution in [3.63, 3.8) is 0 Å². The number of nitrogens with one attached hydrogen (secondary N) is 1. The molecule has 1 heterocycles. The number of H-pyrrole nitrogens is 1. The SMILES string of the molecule is Cc1cc(-c2nnc(-c3ccccc3)[nH]c2=O)cc(C)c1O. The number of aromatic amines is 1. The normalized spacial score (nSPS) is 10.6. The van der Waals surface area contributed by atoms with Gasteiger partial charge in [-0.05, 0) is 37.1 Å². The van der Waals surface area contributed by atoms with Gasteiger partial charge in [0.15, 0.2) is 11.5 Å². The van der Waals surface area contributed by atoms with E-state index in [4.69, 9.17) is 0 Å². The Balaban J connectivity index is 2.09. The van der Waals surface area contributed by atoms with Crippen molar-refractivity contribution < 1.29 is 5.11 Å². The average Bonchev–Trinajstić information content (AvgIpc) is 2.53. The third kappa shape index (κ3) is 2.48. The van der Waals surface area contributed by atoms with Crippen LogP contribution >= 0.6 is 0 Å². The van der Waals surface area contributed by atoms with Crippen LogP contribution in [0.25, 0.3) is 22.6 Å². The molecule has 0 spiro atoms. The van der Waals surface area contributed by atoms with Crippen LogP contribution in [0.2, 0.25) is 0 Å². The number of nitrogens with zero attached hydrogens (tertiary/aromatic N) is 2. The monoisotopic (exact) mass is 293 g/mol. The summed E-state index contributed by atoms with van der Waals surface area (Å²) < 4.78 is 0. The van der Waals surface area contributed by atoms with Crippen LogP contribution in [0.15, 0.2) is 47.3 Å². The number of benzene rings is 2. The lowest BCUT2D eigenvalue weighted by Crippen LogP contribution is -2.14. The molecule has 0 saturated carbocycles. The Morgan fingerprint density at radius 2 is 1.59 bits per heavy atom. The van der Waals surface area contributed by atoms with E-state index >= 15 is 0 Å². The molecule has 0 fully saturated rings. The van der Waals surface area contributed by atoms with E-state index in [9.17, 15) is 9.90 Å². The first kappa shape index (κ1) is 14.0. The van der Waals surface area contributed by atoms with E-state index in [0.29, 0.717) is 22.5 Å². The molecule has 0 aliphatic heterocycles. The summed E-state index contributed by atoms with van der Waals surface area (Å²) in [7, 11) is 0. The maximum atomic E-state index is 12.3. The summed E-state index contributed by atoms with van der Waals surface area (Å²) in [4.78, 5) is 15.1. The minimum Gasteiger partial charge on any atom is -0.507 e. The molecule has 0 aliphatic carbocycles. The number of aromatic nitrogens is 3. The van der Waals surface area contributed by atoms with Crippen LogP contribution in [0.5, 0.6) is 5.75 Å². The lowest BCUT2D eigenvalue weighted by Gasteiger charge is -2.07. The van der Waals surface area contributed by atoms with Gasteiger partial charge in [0, 0.05) is 11.1 Å². The van der Waals surface area contributed by atoms with E-state index in [0.717, 1.165) is 5.56 Å². The lowest BCUT2D eigenvalue weighted by molar-refractivity contribution is 0.467. The van der Waals surface area contributed by atoms with Crippen LogP contribution in [0.1, 0.15) is 11.1 Å². The summed E-state index contributed by atoms with van der Waals surface area (Å²) >= 11 is 0. The molecule has 0 bridgehead atoms. The number of hydrogen-bond acceptors (Lipinski definition) is 4. The topological polar surface area (TPSA) is 78.9 Å². The molecule has 0 unspecified atom stereocenters. The number of phenols is 1. The number of phenolic OH excluding ortho intramolecular Hbond substituents is 1.